The van der Waals surface area contributed by atoms with Crippen LogP contribution in [0.25, 0.3) is 0 Å². The molecule has 1 saturated carbocycles. The quantitative estimate of drug-likeness (QED) is 0.715. The molecule has 0 N–H and O–H groups in total. The van der Waals surface area contributed by atoms with Crippen LogP contribution in [-0.2, 0) is 19.6 Å². The first-order chi connectivity index (χ1) is 9.27. The SMILES string of the molecule is Brc1ccc(C2OOC3(CCCCCC3)OO2)cc1. The average Bonchev–Trinajstić information content (AvgIpc) is 2.67. The van der Waals surface area contributed by atoms with Crippen LogP contribution in [0.1, 0.15) is 50.4 Å². The van der Waals surface area contributed by atoms with Gasteiger partial charge in [-0.25, -0.2) is 0 Å². The second-order valence-corrected chi connectivity index (χ2v) is 5.98. The minimum absolute atomic E-state index is 0.623. The van der Waals surface area contributed by atoms with Crippen LogP contribution < -0.4 is 0 Å². The van der Waals surface area contributed by atoms with Crippen LogP contribution in [0.2, 0.25) is 0 Å². The minimum Gasteiger partial charge on any atom is -0.195 e. The van der Waals surface area contributed by atoms with E-state index in [1.807, 2.05) is 24.3 Å². The van der Waals surface area contributed by atoms with Crippen LogP contribution in [0, 0.1) is 0 Å². The van der Waals surface area contributed by atoms with Crippen molar-refractivity contribution in [2.75, 3.05) is 0 Å². The van der Waals surface area contributed by atoms with Crippen molar-refractivity contribution in [3.8, 4) is 0 Å². The molecule has 0 aromatic heterocycles. The van der Waals surface area contributed by atoms with Gasteiger partial charge >= 0.3 is 0 Å². The van der Waals surface area contributed by atoms with Crippen LogP contribution in [-0.4, -0.2) is 5.79 Å². The molecule has 5 heteroatoms. The van der Waals surface area contributed by atoms with Crippen LogP contribution >= 0.6 is 15.9 Å². The molecular formula is C14H17BrO4. The van der Waals surface area contributed by atoms with Crippen molar-refractivity contribution in [2.24, 2.45) is 0 Å². The van der Waals surface area contributed by atoms with E-state index in [1.54, 1.807) is 0 Å². The molecule has 1 aliphatic carbocycles. The molecule has 0 unspecified atom stereocenters. The first kappa shape index (κ1) is 13.5. The molecule has 1 aromatic rings. The fraction of sp³-hybridized carbons (Fsp3) is 0.571. The molecular weight excluding hydrogens is 312 g/mol. The Morgan fingerprint density at radius 2 is 1.47 bits per heavy atom. The Hall–Kier alpha value is -0.460. The molecule has 104 valence electrons. The van der Waals surface area contributed by atoms with Crippen molar-refractivity contribution in [2.45, 2.75) is 50.6 Å². The first-order valence-electron chi connectivity index (χ1n) is 6.72. The predicted molar refractivity (Wildman–Crippen MR) is 71.7 cm³/mol. The fourth-order valence-electron chi connectivity index (χ4n) is 2.46. The minimum atomic E-state index is -0.706. The molecule has 0 radical (unpaired) electrons. The normalized spacial score (nSPS) is 24.3. The third-order valence-electron chi connectivity index (χ3n) is 3.58. The van der Waals surface area contributed by atoms with Gasteiger partial charge in [-0.3, -0.25) is 0 Å². The van der Waals surface area contributed by atoms with Gasteiger partial charge in [0.2, 0.25) is 12.1 Å². The Labute approximate surface area is 121 Å². The van der Waals surface area contributed by atoms with Crippen LogP contribution in [0.3, 0.4) is 0 Å². The Bertz CT molecular complexity index is 402. The standard InChI is InChI=1S/C14H17BrO4/c15-12-7-5-11(6-8-12)13-16-18-14(19-17-13)9-3-1-2-4-10-14/h5-8,13H,1-4,9-10H2. The van der Waals surface area contributed by atoms with Gasteiger partial charge in [-0.2, -0.15) is 19.6 Å². The predicted octanol–water partition coefficient (Wildman–Crippen LogP) is 4.41. The highest BCUT2D eigenvalue weighted by atomic mass is 79.9. The van der Waals surface area contributed by atoms with E-state index in [0.29, 0.717) is 0 Å². The van der Waals surface area contributed by atoms with E-state index < -0.39 is 12.1 Å². The highest BCUT2D eigenvalue weighted by molar-refractivity contribution is 9.10. The third kappa shape index (κ3) is 3.17. The molecule has 2 aliphatic rings. The van der Waals surface area contributed by atoms with E-state index in [1.165, 1.54) is 12.8 Å². The lowest BCUT2D eigenvalue weighted by atomic mass is 10.1. The van der Waals surface area contributed by atoms with Crippen molar-refractivity contribution < 1.29 is 19.6 Å². The Kier molecular flexibility index (Phi) is 4.19. The zero-order valence-electron chi connectivity index (χ0n) is 10.6. The molecule has 2 fully saturated rings. The van der Waals surface area contributed by atoms with Gasteiger partial charge in [0.25, 0.3) is 0 Å². The molecule has 0 bridgehead atoms. The summed E-state index contributed by atoms with van der Waals surface area (Å²) >= 11 is 3.39. The van der Waals surface area contributed by atoms with Gasteiger partial charge in [-0.15, -0.1) is 0 Å². The molecule has 1 aromatic carbocycles. The van der Waals surface area contributed by atoms with E-state index >= 15 is 0 Å². The molecule has 1 heterocycles. The summed E-state index contributed by atoms with van der Waals surface area (Å²) in [6, 6.07) is 7.68. The van der Waals surface area contributed by atoms with Crippen LogP contribution in [0.5, 0.6) is 0 Å². The van der Waals surface area contributed by atoms with Gasteiger partial charge in [-0.05, 0) is 25.0 Å². The largest absolute Gasteiger partial charge is 0.249 e. The lowest BCUT2D eigenvalue weighted by Crippen LogP contribution is -2.41. The smallest absolute Gasteiger partial charge is 0.195 e. The Morgan fingerprint density at radius 1 is 0.895 bits per heavy atom. The van der Waals surface area contributed by atoms with Crippen molar-refractivity contribution >= 4 is 15.9 Å². The summed E-state index contributed by atoms with van der Waals surface area (Å²) in [5.74, 6) is -0.706. The monoisotopic (exact) mass is 328 g/mol. The Morgan fingerprint density at radius 3 is 2.05 bits per heavy atom. The molecule has 19 heavy (non-hydrogen) atoms. The number of hydrogen-bond acceptors (Lipinski definition) is 4. The summed E-state index contributed by atoms with van der Waals surface area (Å²) in [5.41, 5.74) is 0.867. The number of halogens is 1. The van der Waals surface area contributed by atoms with E-state index in [0.717, 1.165) is 35.7 Å². The second kappa shape index (κ2) is 5.89. The van der Waals surface area contributed by atoms with E-state index in [4.69, 9.17) is 19.6 Å². The van der Waals surface area contributed by atoms with E-state index in [9.17, 15) is 0 Å². The molecule has 1 spiro atoms. The molecule has 0 atom stereocenters. The molecule has 0 amide bonds. The highest BCUT2D eigenvalue weighted by Crippen LogP contribution is 2.38. The summed E-state index contributed by atoms with van der Waals surface area (Å²) in [5, 5.41) is 0. The van der Waals surface area contributed by atoms with Crippen LogP contribution in [0.4, 0.5) is 0 Å². The lowest BCUT2D eigenvalue weighted by molar-refractivity contribution is -0.631. The summed E-state index contributed by atoms with van der Waals surface area (Å²) < 4.78 is 1.01. The summed E-state index contributed by atoms with van der Waals surface area (Å²) in [6.07, 6.45) is 5.60. The maximum absolute atomic E-state index is 5.52. The number of hydrogen-bond donors (Lipinski definition) is 0. The summed E-state index contributed by atoms with van der Waals surface area (Å²) in [4.78, 5) is 21.8. The first-order valence-corrected chi connectivity index (χ1v) is 7.51. The van der Waals surface area contributed by atoms with Gasteiger partial charge in [0.1, 0.15) is 0 Å². The lowest BCUT2D eigenvalue weighted by Gasteiger charge is -2.36. The highest BCUT2D eigenvalue weighted by Gasteiger charge is 2.41. The maximum Gasteiger partial charge on any atom is 0.249 e. The molecule has 4 nitrogen and oxygen atoms in total. The zero-order valence-corrected chi connectivity index (χ0v) is 12.2. The van der Waals surface area contributed by atoms with Crippen molar-refractivity contribution in [3.05, 3.63) is 34.3 Å². The molecule has 3 rings (SSSR count). The van der Waals surface area contributed by atoms with E-state index in [-0.39, 0.29) is 0 Å². The second-order valence-electron chi connectivity index (χ2n) is 5.07. The van der Waals surface area contributed by atoms with Crippen molar-refractivity contribution in [1.29, 1.82) is 0 Å². The van der Waals surface area contributed by atoms with Gasteiger partial charge in [-0.1, -0.05) is 40.9 Å². The van der Waals surface area contributed by atoms with Gasteiger partial charge in [0.15, 0.2) is 0 Å². The van der Waals surface area contributed by atoms with Gasteiger partial charge in [0, 0.05) is 22.9 Å². The van der Waals surface area contributed by atoms with Crippen LogP contribution in [0.15, 0.2) is 28.7 Å². The zero-order chi connectivity index (χ0) is 13.1. The molecule has 1 aliphatic heterocycles. The topological polar surface area (TPSA) is 36.9 Å². The van der Waals surface area contributed by atoms with Crippen molar-refractivity contribution in [1.82, 2.24) is 0 Å². The number of benzene rings is 1. The maximum atomic E-state index is 5.52. The summed E-state index contributed by atoms with van der Waals surface area (Å²) in [6.45, 7) is 0. The van der Waals surface area contributed by atoms with Crippen molar-refractivity contribution in [3.63, 3.8) is 0 Å². The fourth-order valence-corrected chi connectivity index (χ4v) is 2.72. The van der Waals surface area contributed by atoms with Gasteiger partial charge in [0.05, 0.1) is 0 Å². The molecule has 1 saturated heterocycles. The number of rotatable bonds is 1. The van der Waals surface area contributed by atoms with Gasteiger partial charge < -0.3 is 0 Å². The third-order valence-corrected chi connectivity index (χ3v) is 4.11. The summed E-state index contributed by atoms with van der Waals surface area (Å²) in [7, 11) is 0. The Balaban J connectivity index is 1.63. The average molecular weight is 329 g/mol. The van der Waals surface area contributed by atoms with E-state index in [2.05, 4.69) is 15.9 Å².